The average molecular weight is 326 g/mol. The van der Waals surface area contributed by atoms with Crippen LogP contribution in [0.15, 0.2) is 12.1 Å². The van der Waals surface area contributed by atoms with Gasteiger partial charge >= 0.3 is 0 Å². The van der Waals surface area contributed by atoms with Gasteiger partial charge < -0.3 is 5.32 Å². The van der Waals surface area contributed by atoms with Gasteiger partial charge in [0, 0.05) is 10.9 Å². The van der Waals surface area contributed by atoms with Gasteiger partial charge in [-0.2, -0.15) is 0 Å². The molecule has 1 aromatic rings. The van der Waals surface area contributed by atoms with Crippen molar-refractivity contribution in [3.8, 4) is 0 Å². The fourth-order valence-electron chi connectivity index (χ4n) is 4.62. The third kappa shape index (κ3) is 4.03. The molecule has 1 N–H and O–H groups in total. The molecule has 0 spiro atoms. The van der Waals surface area contributed by atoms with Crippen molar-refractivity contribution in [2.24, 2.45) is 17.8 Å². The third-order valence-electron chi connectivity index (χ3n) is 5.67. The Labute approximate surface area is 138 Å². The molecular formula is C18H28ClNS. The Hall–Kier alpha value is -0.0500. The van der Waals surface area contributed by atoms with Gasteiger partial charge in [0.1, 0.15) is 0 Å². The fourth-order valence-corrected chi connectivity index (χ4v) is 5.77. The van der Waals surface area contributed by atoms with Crippen molar-refractivity contribution in [1.29, 1.82) is 0 Å². The van der Waals surface area contributed by atoms with Gasteiger partial charge in [0.2, 0.25) is 0 Å². The number of fused-ring (bicyclic) bond motifs is 1. The van der Waals surface area contributed by atoms with Gasteiger partial charge in [0.25, 0.3) is 0 Å². The second kappa shape index (κ2) is 7.48. The van der Waals surface area contributed by atoms with Crippen molar-refractivity contribution < 1.29 is 0 Å². The van der Waals surface area contributed by atoms with E-state index in [-0.39, 0.29) is 0 Å². The highest BCUT2D eigenvalue weighted by Crippen LogP contribution is 2.44. The van der Waals surface area contributed by atoms with Crippen LogP contribution in [-0.2, 0) is 6.42 Å². The molecule has 2 aliphatic rings. The number of rotatable bonds is 5. The first-order valence-electron chi connectivity index (χ1n) is 8.74. The van der Waals surface area contributed by atoms with Crippen LogP contribution >= 0.6 is 22.9 Å². The lowest BCUT2D eigenvalue weighted by molar-refractivity contribution is 0.110. The van der Waals surface area contributed by atoms with E-state index in [9.17, 15) is 0 Å². The predicted octanol–water partition coefficient (Wildman–Crippen LogP) is 5.53. The molecule has 3 rings (SSSR count). The zero-order valence-electron chi connectivity index (χ0n) is 13.1. The van der Waals surface area contributed by atoms with E-state index in [1.165, 1.54) is 49.8 Å². The predicted molar refractivity (Wildman–Crippen MR) is 93.3 cm³/mol. The second-order valence-corrected chi connectivity index (χ2v) is 8.75. The average Bonchev–Trinajstić information content (AvgIpc) is 2.91. The highest BCUT2D eigenvalue weighted by atomic mass is 35.5. The van der Waals surface area contributed by atoms with Crippen molar-refractivity contribution in [3.63, 3.8) is 0 Å². The van der Waals surface area contributed by atoms with E-state index in [4.69, 9.17) is 11.6 Å². The van der Waals surface area contributed by atoms with Gasteiger partial charge in [-0.15, -0.1) is 11.3 Å². The topological polar surface area (TPSA) is 12.0 Å². The smallest absolute Gasteiger partial charge is 0.0931 e. The van der Waals surface area contributed by atoms with E-state index in [0.717, 1.165) is 35.1 Å². The molecule has 2 fully saturated rings. The molecule has 1 heterocycles. The zero-order chi connectivity index (χ0) is 14.7. The summed E-state index contributed by atoms with van der Waals surface area (Å²) < 4.78 is 0.927. The lowest BCUT2D eigenvalue weighted by Gasteiger charge is -2.42. The molecule has 21 heavy (non-hydrogen) atoms. The maximum Gasteiger partial charge on any atom is 0.0931 e. The monoisotopic (exact) mass is 325 g/mol. The summed E-state index contributed by atoms with van der Waals surface area (Å²) in [5.41, 5.74) is 0. The molecule has 118 valence electrons. The van der Waals surface area contributed by atoms with Crippen molar-refractivity contribution in [2.45, 2.75) is 64.3 Å². The third-order valence-corrected chi connectivity index (χ3v) is 6.92. The summed E-state index contributed by atoms with van der Waals surface area (Å²) in [4.78, 5) is 1.44. The number of hydrogen-bond acceptors (Lipinski definition) is 2. The van der Waals surface area contributed by atoms with E-state index in [2.05, 4.69) is 18.3 Å². The van der Waals surface area contributed by atoms with Gasteiger partial charge in [-0.25, -0.2) is 0 Å². The van der Waals surface area contributed by atoms with Gasteiger partial charge in [-0.05, 0) is 62.1 Å². The van der Waals surface area contributed by atoms with E-state index >= 15 is 0 Å². The van der Waals surface area contributed by atoms with Crippen molar-refractivity contribution >= 4 is 22.9 Å². The van der Waals surface area contributed by atoms with Crippen LogP contribution in [0.3, 0.4) is 0 Å². The van der Waals surface area contributed by atoms with Crippen LogP contribution in [0.4, 0.5) is 0 Å². The Balaban J connectivity index is 1.63. The van der Waals surface area contributed by atoms with Crippen molar-refractivity contribution in [2.75, 3.05) is 6.54 Å². The minimum atomic E-state index is 0.646. The second-order valence-electron chi connectivity index (χ2n) is 6.95. The number of nitrogens with one attached hydrogen (secondary N) is 1. The van der Waals surface area contributed by atoms with Crippen LogP contribution in [-0.4, -0.2) is 12.6 Å². The van der Waals surface area contributed by atoms with Gasteiger partial charge in [0.15, 0.2) is 0 Å². The summed E-state index contributed by atoms with van der Waals surface area (Å²) in [5.74, 6) is 2.93. The molecule has 2 saturated carbocycles. The van der Waals surface area contributed by atoms with E-state index in [0.29, 0.717) is 6.04 Å². The molecule has 4 atom stereocenters. The molecule has 1 aromatic heterocycles. The first-order valence-corrected chi connectivity index (χ1v) is 9.93. The van der Waals surface area contributed by atoms with E-state index in [1.807, 2.05) is 6.07 Å². The maximum atomic E-state index is 6.10. The van der Waals surface area contributed by atoms with E-state index < -0.39 is 0 Å². The van der Waals surface area contributed by atoms with Crippen LogP contribution < -0.4 is 5.32 Å². The summed E-state index contributed by atoms with van der Waals surface area (Å²) in [7, 11) is 0. The Morgan fingerprint density at radius 1 is 1.19 bits per heavy atom. The van der Waals surface area contributed by atoms with Crippen LogP contribution in [0.2, 0.25) is 4.34 Å². The quantitative estimate of drug-likeness (QED) is 0.750. The van der Waals surface area contributed by atoms with Crippen LogP contribution in [0.5, 0.6) is 0 Å². The van der Waals surface area contributed by atoms with Crippen molar-refractivity contribution in [1.82, 2.24) is 5.32 Å². The zero-order valence-corrected chi connectivity index (χ0v) is 14.7. The highest BCUT2D eigenvalue weighted by Gasteiger charge is 2.35. The largest absolute Gasteiger partial charge is 0.314 e. The van der Waals surface area contributed by atoms with Gasteiger partial charge in [-0.1, -0.05) is 44.2 Å². The summed E-state index contributed by atoms with van der Waals surface area (Å²) in [6.45, 7) is 3.31. The normalized spacial score (nSPS) is 30.9. The maximum absolute atomic E-state index is 6.10. The highest BCUT2D eigenvalue weighted by molar-refractivity contribution is 7.16. The molecule has 0 radical (unpaired) electrons. The molecule has 4 unspecified atom stereocenters. The van der Waals surface area contributed by atoms with Crippen LogP contribution in [0, 0.1) is 17.8 Å². The standard InChI is InChI=1S/C18H28ClNS/c1-2-20-17(12-16-9-10-18(19)21-16)15-8-7-13-5-3-4-6-14(13)11-15/h9-10,13-15,17,20H,2-8,11-12H2,1H3. The lowest BCUT2D eigenvalue weighted by Crippen LogP contribution is -2.42. The number of halogens is 1. The SMILES string of the molecule is CCNC(Cc1ccc(Cl)s1)C1CCC2CCCCC2C1. The molecule has 1 nitrogen and oxygen atoms in total. The Morgan fingerprint density at radius 2 is 2.00 bits per heavy atom. The first kappa shape index (κ1) is 15.8. The number of thiophene rings is 1. The summed E-state index contributed by atoms with van der Waals surface area (Å²) in [5, 5.41) is 3.77. The molecule has 2 aliphatic carbocycles. The minimum absolute atomic E-state index is 0.646. The first-order chi connectivity index (χ1) is 10.3. The molecule has 0 amide bonds. The molecule has 0 bridgehead atoms. The summed E-state index contributed by atoms with van der Waals surface area (Å²) in [6, 6.07) is 4.90. The molecule has 0 saturated heterocycles. The Bertz CT molecular complexity index is 444. The molecule has 0 aromatic carbocycles. The van der Waals surface area contributed by atoms with Crippen LogP contribution in [0.1, 0.15) is 56.7 Å². The summed E-state index contributed by atoms with van der Waals surface area (Å²) in [6.07, 6.45) is 11.5. The minimum Gasteiger partial charge on any atom is -0.314 e. The van der Waals surface area contributed by atoms with Gasteiger partial charge in [0.05, 0.1) is 4.34 Å². The van der Waals surface area contributed by atoms with Crippen molar-refractivity contribution in [3.05, 3.63) is 21.3 Å². The number of hydrogen-bond donors (Lipinski definition) is 1. The fraction of sp³-hybridized carbons (Fsp3) is 0.778. The Morgan fingerprint density at radius 3 is 2.71 bits per heavy atom. The van der Waals surface area contributed by atoms with Gasteiger partial charge in [-0.3, -0.25) is 0 Å². The van der Waals surface area contributed by atoms with Crippen LogP contribution in [0.25, 0.3) is 0 Å². The summed E-state index contributed by atoms with van der Waals surface area (Å²) >= 11 is 7.85. The Kier molecular flexibility index (Phi) is 5.64. The number of likely N-dealkylation sites (N-methyl/N-ethyl adjacent to an activating group) is 1. The lowest BCUT2D eigenvalue weighted by atomic mass is 9.66. The molecule has 0 aliphatic heterocycles. The van der Waals surface area contributed by atoms with E-state index in [1.54, 1.807) is 11.3 Å². The molecular weight excluding hydrogens is 298 g/mol. The molecule has 3 heteroatoms.